The molecular formula is C6H11NO2. The molecule has 0 aromatic heterocycles. The van der Waals surface area contributed by atoms with E-state index >= 15 is 0 Å². The Kier molecular flexibility index (Phi) is 2.16. The first-order valence-electron chi connectivity index (χ1n) is 3.27. The van der Waals surface area contributed by atoms with Crippen LogP contribution in [-0.2, 0) is 4.74 Å². The Morgan fingerprint density at radius 3 is 2.89 bits per heavy atom. The van der Waals surface area contributed by atoms with Crippen LogP contribution in [0, 0.1) is 4.91 Å². The Morgan fingerprint density at radius 2 is 2.44 bits per heavy atom. The molecule has 1 rings (SSSR count). The molecule has 0 N–H and O–H groups in total. The summed E-state index contributed by atoms with van der Waals surface area (Å²) in [7, 11) is 0. The lowest BCUT2D eigenvalue weighted by Crippen LogP contribution is -2.10. The third-order valence-electron chi connectivity index (χ3n) is 1.60. The molecule has 0 bridgehead atoms. The first-order valence-corrected chi connectivity index (χ1v) is 3.27. The lowest BCUT2D eigenvalue weighted by molar-refractivity contribution is 0.0614. The van der Waals surface area contributed by atoms with Gasteiger partial charge < -0.3 is 4.74 Å². The van der Waals surface area contributed by atoms with Crippen molar-refractivity contribution in [3.8, 4) is 0 Å². The molecule has 1 saturated heterocycles. The highest BCUT2D eigenvalue weighted by Crippen LogP contribution is 2.18. The number of hydrogen-bond donors (Lipinski definition) is 0. The van der Waals surface area contributed by atoms with E-state index < -0.39 is 0 Å². The summed E-state index contributed by atoms with van der Waals surface area (Å²) in [6, 6.07) is 0. The van der Waals surface area contributed by atoms with E-state index in [-0.39, 0.29) is 6.10 Å². The standard InChI is InChI=1S/C6H11NO2/c1-5-2-3-6(9-5)4-7-8/h5-6H,2-4H2,1H3/t5-,6-/m0/s1. The average molecular weight is 129 g/mol. The first kappa shape index (κ1) is 6.68. The third-order valence-corrected chi connectivity index (χ3v) is 1.60. The van der Waals surface area contributed by atoms with E-state index in [1.165, 1.54) is 0 Å². The van der Waals surface area contributed by atoms with Gasteiger partial charge in [0.05, 0.1) is 12.2 Å². The number of nitrogens with zero attached hydrogens (tertiary/aromatic N) is 1. The molecule has 52 valence electrons. The zero-order valence-electron chi connectivity index (χ0n) is 5.54. The maximum Gasteiger partial charge on any atom is 0.107 e. The van der Waals surface area contributed by atoms with Crippen LogP contribution in [0.1, 0.15) is 19.8 Å². The van der Waals surface area contributed by atoms with E-state index in [4.69, 9.17) is 4.74 Å². The van der Waals surface area contributed by atoms with Gasteiger partial charge in [-0.05, 0) is 19.8 Å². The van der Waals surface area contributed by atoms with Gasteiger partial charge in [-0.3, -0.25) is 0 Å². The van der Waals surface area contributed by atoms with E-state index in [0.29, 0.717) is 12.6 Å². The van der Waals surface area contributed by atoms with Gasteiger partial charge in [-0.25, -0.2) is 0 Å². The third kappa shape index (κ3) is 1.75. The molecule has 1 aliphatic heterocycles. The molecule has 0 spiro atoms. The van der Waals surface area contributed by atoms with Gasteiger partial charge in [0.1, 0.15) is 6.54 Å². The monoisotopic (exact) mass is 129 g/mol. The smallest absolute Gasteiger partial charge is 0.107 e. The van der Waals surface area contributed by atoms with Gasteiger partial charge in [0.15, 0.2) is 0 Å². The van der Waals surface area contributed by atoms with Crippen LogP contribution in [0.4, 0.5) is 0 Å². The van der Waals surface area contributed by atoms with Crippen molar-refractivity contribution in [1.82, 2.24) is 0 Å². The largest absolute Gasteiger partial charge is 0.373 e. The Labute approximate surface area is 54.4 Å². The fourth-order valence-electron chi connectivity index (χ4n) is 1.10. The number of ether oxygens (including phenoxy) is 1. The summed E-state index contributed by atoms with van der Waals surface area (Å²) >= 11 is 0. The topological polar surface area (TPSA) is 38.7 Å². The lowest BCUT2D eigenvalue weighted by Gasteiger charge is -2.04. The second kappa shape index (κ2) is 2.92. The SMILES string of the molecule is C[C@H]1CC[C@@H](CN=O)O1. The van der Waals surface area contributed by atoms with Gasteiger partial charge in [0.25, 0.3) is 0 Å². The number of nitroso groups, excluding NO2 is 1. The Balaban J connectivity index is 2.21. The normalized spacial score (nSPS) is 34.8. The second-order valence-electron chi connectivity index (χ2n) is 2.46. The minimum atomic E-state index is 0.109. The van der Waals surface area contributed by atoms with Gasteiger partial charge in [-0.1, -0.05) is 5.18 Å². The van der Waals surface area contributed by atoms with Gasteiger partial charge in [-0.15, -0.1) is 0 Å². The fraction of sp³-hybridized carbons (Fsp3) is 1.00. The highest BCUT2D eigenvalue weighted by molar-refractivity contribution is 4.71. The zero-order valence-corrected chi connectivity index (χ0v) is 5.54. The molecular weight excluding hydrogens is 118 g/mol. The molecule has 3 nitrogen and oxygen atoms in total. The van der Waals surface area contributed by atoms with Gasteiger partial charge in [0, 0.05) is 0 Å². The molecule has 0 aliphatic carbocycles. The zero-order chi connectivity index (χ0) is 6.69. The average Bonchev–Trinajstić information content (AvgIpc) is 2.17. The van der Waals surface area contributed by atoms with Crippen molar-refractivity contribution < 1.29 is 4.74 Å². The molecule has 1 fully saturated rings. The quantitative estimate of drug-likeness (QED) is 0.527. The minimum Gasteiger partial charge on any atom is -0.373 e. The van der Waals surface area contributed by atoms with Crippen LogP contribution in [-0.4, -0.2) is 18.8 Å². The Bertz CT molecular complexity index is 105. The van der Waals surface area contributed by atoms with Crippen LogP contribution >= 0.6 is 0 Å². The molecule has 0 radical (unpaired) electrons. The van der Waals surface area contributed by atoms with Crippen LogP contribution in [0.15, 0.2) is 5.18 Å². The van der Waals surface area contributed by atoms with Crippen LogP contribution in [0.25, 0.3) is 0 Å². The van der Waals surface area contributed by atoms with Crippen molar-refractivity contribution in [2.24, 2.45) is 5.18 Å². The summed E-state index contributed by atoms with van der Waals surface area (Å²) in [6.45, 7) is 2.34. The summed E-state index contributed by atoms with van der Waals surface area (Å²) in [4.78, 5) is 9.74. The van der Waals surface area contributed by atoms with E-state index in [1.54, 1.807) is 0 Å². The van der Waals surface area contributed by atoms with E-state index in [9.17, 15) is 4.91 Å². The second-order valence-corrected chi connectivity index (χ2v) is 2.46. The summed E-state index contributed by atoms with van der Waals surface area (Å²) in [5.74, 6) is 0. The molecule has 0 unspecified atom stereocenters. The molecule has 2 atom stereocenters. The van der Waals surface area contributed by atoms with E-state index in [0.717, 1.165) is 12.8 Å². The van der Waals surface area contributed by atoms with Crippen LogP contribution in [0.2, 0.25) is 0 Å². The maximum atomic E-state index is 9.74. The number of hydrogen-bond acceptors (Lipinski definition) is 3. The fourth-order valence-corrected chi connectivity index (χ4v) is 1.10. The molecule has 0 aromatic carbocycles. The molecule has 0 aromatic rings. The molecule has 1 heterocycles. The summed E-state index contributed by atoms with van der Waals surface area (Å²) in [6.07, 6.45) is 2.50. The van der Waals surface area contributed by atoms with Crippen LogP contribution < -0.4 is 0 Å². The van der Waals surface area contributed by atoms with E-state index in [2.05, 4.69) is 5.18 Å². The first-order chi connectivity index (χ1) is 4.33. The van der Waals surface area contributed by atoms with Crippen molar-refractivity contribution in [3.63, 3.8) is 0 Å². The molecule has 1 aliphatic rings. The predicted molar refractivity (Wildman–Crippen MR) is 34.2 cm³/mol. The summed E-state index contributed by atoms with van der Waals surface area (Å²) in [5.41, 5.74) is 0. The highest BCUT2D eigenvalue weighted by atomic mass is 16.5. The van der Waals surface area contributed by atoms with Gasteiger partial charge in [-0.2, -0.15) is 4.91 Å². The molecule has 9 heavy (non-hydrogen) atoms. The summed E-state index contributed by atoms with van der Waals surface area (Å²) in [5, 5.41) is 2.78. The van der Waals surface area contributed by atoms with Crippen LogP contribution in [0.3, 0.4) is 0 Å². The molecule has 0 amide bonds. The Morgan fingerprint density at radius 1 is 1.67 bits per heavy atom. The van der Waals surface area contributed by atoms with E-state index in [1.807, 2.05) is 6.92 Å². The van der Waals surface area contributed by atoms with Crippen molar-refractivity contribution in [1.29, 1.82) is 0 Å². The highest BCUT2D eigenvalue weighted by Gasteiger charge is 2.21. The van der Waals surface area contributed by atoms with Crippen molar-refractivity contribution in [3.05, 3.63) is 4.91 Å². The molecule has 0 saturated carbocycles. The maximum absolute atomic E-state index is 9.74. The van der Waals surface area contributed by atoms with Gasteiger partial charge in [0.2, 0.25) is 0 Å². The van der Waals surface area contributed by atoms with Crippen LogP contribution in [0.5, 0.6) is 0 Å². The van der Waals surface area contributed by atoms with Crippen molar-refractivity contribution >= 4 is 0 Å². The van der Waals surface area contributed by atoms with Crippen molar-refractivity contribution in [2.75, 3.05) is 6.54 Å². The summed E-state index contributed by atoms with van der Waals surface area (Å²) < 4.78 is 5.31. The van der Waals surface area contributed by atoms with Crippen molar-refractivity contribution in [2.45, 2.75) is 32.0 Å². The van der Waals surface area contributed by atoms with Gasteiger partial charge >= 0.3 is 0 Å². The predicted octanol–water partition coefficient (Wildman–Crippen LogP) is 1.32. The Hall–Kier alpha value is -0.440. The molecule has 3 heteroatoms. The minimum absolute atomic E-state index is 0.109. The number of rotatable bonds is 2. The lowest BCUT2D eigenvalue weighted by atomic mass is 10.2.